The number of imidazole rings is 1. The van der Waals surface area contributed by atoms with Crippen LogP contribution in [0, 0.1) is 0 Å². The van der Waals surface area contributed by atoms with Crippen molar-refractivity contribution in [1.29, 1.82) is 0 Å². The van der Waals surface area contributed by atoms with Gasteiger partial charge >= 0.3 is 0 Å². The number of para-hydroxylation sites is 2. The molecule has 118 valence electrons. The van der Waals surface area contributed by atoms with Gasteiger partial charge in [0.05, 0.1) is 35.2 Å². The fourth-order valence-electron chi connectivity index (χ4n) is 2.64. The van der Waals surface area contributed by atoms with Crippen LogP contribution in [0.5, 0.6) is 0 Å². The molecule has 0 saturated heterocycles. The molecule has 0 fully saturated rings. The Morgan fingerprint density at radius 3 is 2.67 bits per heavy atom. The van der Waals surface area contributed by atoms with Gasteiger partial charge in [0.1, 0.15) is 0 Å². The maximum Gasteiger partial charge on any atom is 0.204 e. The molecule has 2 heterocycles. The Morgan fingerprint density at radius 1 is 1.04 bits per heavy atom. The quantitative estimate of drug-likeness (QED) is 0.534. The third kappa shape index (κ3) is 2.96. The Labute approximate surface area is 144 Å². The van der Waals surface area contributed by atoms with E-state index in [1.807, 2.05) is 65.5 Å². The Kier molecular flexibility index (Phi) is 3.89. The number of aromatic nitrogens is 3. The molecule has 2 aromatic heterocycles. The van der Waals surface area contributed by atoms with Crippen molar-refractivity contribution < 1.29 is 0 Å². The standard InChI is InChI=1S/C19H15ClN4/c20-19-23-17-5-1-2-6-18(17)24(19)13-14-7-9-15(10-8-14)22-12-16-4-3-11-21-16/h1-12,21H,13H2. The molecule has 4 nitrogen and oxygen atoms in total. The van der Waals surface area contributed by atoms with Crippen LogP contribution in [0.15, 0.2) is 71.9 Å². The number of rotatable bonds is 4. The molecule has 5 heteroatoms. The molecule has 0 amide bonds. The molecule has 0 aliphatic carbocycles. The molecule has 4 rings (SSSR count). The number of nitrogens with zero attached hydrogens (tertiary/aromatic N) is 3. The van der Waals surface area contributed by atoms with E-state index >= 15 is 0 Å². The monoisotopic (exact) mass is 334 g/mol. The first-order valence-corrected chi connectivity index (χ1v) is 8.04. The number of nitrogens with one attached hydrogen (secondary N) is 1. The summed E-state index contributed by atoms with van der Waals surface area (Å²) in [6.45, 7) is 0.681. The van der Waals surface area contributed by atoms with Gasteiger partial charge in [-0.25, -0.2) is 4.98 Å². The van der Waals surface area contributed by atoms with Crippen LogP contribution in [0.3, 0.4) is 0 Å². The van der Waals surface area contributed by atoms with Crippen molar-refractivity contribution in [1.82, 2.24) is 14.5 Å². The second-order valence-electron chi connectivity index (χ2n) is 5.51. The molecule has 0 atom stereocenters. The van der Waals surface area contributed by atoms with E-state index in [0.717, 1.165) is 28.0 Å². The van der Waals surface area contributed by atoms with Crippen LogP contribution in [-0.4, -0.2) is 20.7 Å². The van der Waals surface area contributed by atoms with Crippen molar-refractivity contribution in [3.63, 3.8) is 0 Å². The zero-order chi connectivity index (χ0) is 16.4. The molecule has 4 aromatic rings. The van der Waals surface area contributed by atoms with Crippen molar-refractivity contribution in [3.05, 3.63) is 83.4 Å². The smallest absolute Gasteiger partial charge is 0.204 e. The van der Waals surface area contributed by atoms with Gasteiger partial charge in [-0.2, -0.15) is 0 Å². The largest absolute Gasteiger partial charge is 0.360 e. The predicted octanol–water partition coefficient (Wildman–Crippen LogP) is 4.82. The van der Waals surface area contributed by atoms with E-state index < -0.39 is 0 Å². The minimum absolute atomic E-state index is 0.505. The highest BCUT2D eigenvalue weighted by Gasteiger charge is 2.08. The Hall–Kier alpha value is -2.85. The Bertz CT molecular complexity index is 982. The van der Waals surface area contributed by atoms with E-state index in [0.29, 0.717) is 11.8 Å². The van der Waals surface area contributed by atoms with Crippen LogP contribution in [0.25, 0.3) is 11.0 Å². The average Bonchev–Trinajstić information content (AvgIpc) is 3.23. The molecular weight excluding hydrogens is 320 g/mol. The summed E-state index contributed by atoms with van der Waals surface area (Å²) in [5.74, 6) is 0. The van der Waals surface area contributed by atoms with Gasteiger partial charge in [0, 0.05) is 6.20 Å². The topological polar surface area (TPSA) is 46.0 Å². The number of aliphatic imine (C=N–C) groups is 1. The van der Waals surface area contributed by atoms with Crippen molar-refractivity contribution >= 4 is 34.5 Å². The number of benzene rings is 2. The summed E-state index contributed by atoms with van der Waals surface area (Å²) >= 11 is 6.28. The molecule has 0 aliphatic heterocycles. The summed E-state index contributed by atoms with van der Waals surface area (Å²) in [4.78, 5) is 11.9. The van der Waals surface area contributed by atoms with Crippen LogP contribution in [0.1, 0.15) is 11.3 Å². The number of H-pyrrole nitrogens is 1. The summed E-state index contributed by atoms with van der Waals surface area (Å²) in [5, 5.41) is 0.505. The van der Waals surface area contributed by atoms with Gasteiger partial charge in [0.25, 0.3) is 0 Å². The maximum absolute atomic E-state index is 6.28. The molecule has 0 radical (unpaired) electrons. The van der Waals surface area contributed by atoms with Crippen molar-refractivity contribution in [2.24, 2.45) is 4.99 Å². The van der Waals surface area contributed by atoms with Crippen molar-refractivity contribution in [3.8, 4) is 0 Å². The van der Waals surface area contributed by atoms with E-state index in [4.69, 9.17) is 11.6 Å². The zero-order valence-electron chi connectivity index (χ0n) is 12.9. The number of hydrogen-bond donors (Lipinski definition) is 1. The van der Waals surface area contributed by atoms with Crippen molar-refractivity contribution in [2.45, 2.75) is 6.54 Å². The van der Waals surface area contributed by atoms with Gasteiger partial charge in [0.15, 0.2) is 0 Å². The predicted molar refractivity (Wildman–Crippen MR) is 98.3 cm³/mol. The van der Waals surface area contributed by atoms with Crippen LogP contribution < -0.4 is 0 Å². The van der Waals surface area contributed by atoms with Gasteiger partial charge in [-0.3, -0.25) is 4.99 Å². The molecule has 0 aliphatic rings. The fraction of sp³-hybridized carbons (Fsp3) is 0.0526. The van der Waals surface area contributed by atoms with E-state index in [-0.39, 0.29) is 0 Å². The highest BCUT2D eigenvalue weighted by atomic mass is 35.5. The first-order valence-electron chi connectivity index (χ1n) is 7.67. The van der Waals surface area contributed by atoms with E-state index in [9.17, 15) is 0 Å². The first-order chi connectivity index (χ1) is 11.8. The number of halogens is 1. The van der Waals surface area contributed by atoms with E-state index in [1.165, 1.54) is 0 Å². The zero-order valence-corrected chi connectivity index (χ0v) is 13.6. The van der Waals surface area contributed by atoms with E-state index in [2.05, 4.69) is 27.1 Å². The lowest BCUT2D eigenvalue weighted by Gasteiger charge is -2.06. The molecule has 1 N–H and O–H groups in total. The van der Waals surface area contributed by atoms with Crippen LogP contribution >= 0.6 is 11.6 Å². The molecule has 0 spiro atoms. The molecule has 0 saturated carbocycles. The first kappa shape index (κ1) is 14.7. The normalized spacial score (nSPS) is 11.5. The maximum atomic E-state index is 6.28. The fourth-order valence-corrected chi connectivity index (χ4v) is 2.88. The lowest BCUT2D eigenvalue weighted by molar-refractivity contribution is 0.826. The third-order valence-corrected chi connectivity index (χ3v) is 4.15. The summed E-state index contributed by atoms with van der Waals surface area (Å²) in [6, 6.07) is 20.0. The summed E-state index contributed by atoms with van der Waals surface area (Å²) in [5.41, 5.74) is 5.00. The van der Waals surface area contributed by atoms with Gasteiger partial charge in [0.2, 0.25) is 5.28 Å². The second kappa shape index (κ2) is 6.34. The van der Waals surface area contributed by atoms with Gasteiger partial charge < -0.3 is 9.55 Å². The summed E-state index contributed by atoms with van der Waals surface area (Å²) < 4.78 is 2.01. The number of fused-ring (bicyclic) bond motifs is 1. The van der Waals surface area contributed by atoms with E-state index in [1.54, 1.807) is 0 Å². The lowest BCUT2D eigenvalue weighted by atomic mass is 10.2. The van der Waals surface area contributed by atoms with Crippen LogP contribution in [0.4, 0.5) is 5.69 Å². The van der Waals surface area contributed by atoms with Crippen LogP contribution in [0.2, 0.25) is 5.28 Å². The van der Waals surface area contributed by atoms with Crippen LogP contribution in [-0.2, 0) is 6.54 Å². The molecule has 24 heavy (non-hydrogen) atoms. The second-order valence-corrected chi connectivity index (χ2v) is 5.84. The number of aromatic amines is 1. The van der Waals surface area contributed by atoms with Crippen molar-refractivity contribution in [2.75, 3.05) is 0 Å². The van der Waals surface area contributed by atoms with Gasteiger partial charge in [-0.05, 0) is 53.6 Å². The highest BCUT2D eigenvalue weighted by Crippen LogP contribution is 2.22. The SMILES string of the molecule is Clc1nc2ccccc2n1Cc1ccc(N=Cc2ccc[nH]2)cc1. The third-order valence-electron chi connectivity index (χ3n) is 3.86. The molecule has 2 aromatic carbocycles. The molecule has 0 bridgehead atoms. The lowest BCUT2D eigenvalue weighted by Crippen LogP contribution is -1.99. The number of hydrogen-bond acceptors (Lipinski definition) is 2. The summed E-state index contributed by atoms with van der Waals surface area (Å²) in [6.07, 6.45) is 3.69. The minimum atomic E-state index is 0.505. The highest BCUT2D eigenvalue weighted by molar-refractivity contribution is 6.29. The Balaban J connectivity index is 1.56. The Morgan fingerprint density at radius 2 is 1.88 bits per heavy atom. The molecule has 0 unspecified atom stereocenters. The molecular formula is C19H15ClN4. The van der Waals surface area contributed by atoms with Gasteiger partial charge in [-0.15, -0.1) is 0 Å². The average molecular weight is 335 g/mol. The summed E-state index contributed by atoms with van der Waals surface area (Å²) in [7, 11) is 0. The minimum Gasteiger partial charge on any atom is -0.360 e. The van der Waals surface area contributed by atoms with Gasteiger partial charge in [-0.1, -0.05) is 24.3 Å².